The zero-order valence-corrected chi connectivity index (χ0v) is 13.0. The third-order valence-electron chi connectivity index (χ3n) is 3.21. The van der Waals surface area contributed by atoms with Crippen molar-refractivity contribution in [2.24, 2.45) is 0 Å². The molecule has 0 N–H and O–H groups in total. The van der Waals surface area contributed by atoms with E-state index in [4.69, 9.17) is 9.47 Å². The van der Waals surface area contributed by atoms with Gasteiger partial charge in [-0.05, 0) is 32.9 Å². The number of piperidine rings is 1. The third-order valence-corrected chi connectivity index (χ3v) is 3.21. The standard InChI is InChI=1S/C16H21F2NO3/c1-15(2,3)22-14(20)19-10-9-13(16(17,18)11-19)21-12-7-5-4-6-8-12/h4-8,13H,9-11H2,1-3H3. The fourth-order valence-corrected chi connectivity index (χ4v) is 2.21. The molecule has 1 heterocycles. The van der Waals surface area contributed by atoms with Gasteiger partial charge in [0.05, 0.1) is 6.54 Å². The van der Waals surface area contributed by atoms with Gasteiger partial charge in [0, 0.05) is 13.0 Å². The van der Waals surface area contributed by atoms with Crippen LogP contribution in [0.5, 0.6) is 5.75 Å². The van der Waals surface area contributed by atoms with Crippen LogP contribution in [0.1, 0.15) is 27.2 Å². The van der Waals surface area contributed by atoms with Crippen molar-refractivity contribution in [2.45, 2.75) is 44.8 Å². The molecule has 1 amide bonds. The summed E-state index contributed by atoms with van der Waals surface area (Å²) >= 11 is 0. The number of para-hydroxylation sites is 1. The molecular formula is C16H21F2NO3. The maximum atomic E-state index is 14.2. The van der Waals surface area contributed by atoms with Crippen LogP contribution < -0.4 is 4.74 Å². The van der Waals surface area contributed by atoms with Crippen molar-refractivity contribution in [3.05, 3.63) is 30.3 Å². The second-order valence-corrected chi connectivity index (χ2v) is 6.37. The first-order valence-electron chi connectivity index (χ1n) is 7.25. The van der Waals surface area contributed by atoms with Gasteiger partial charge in [0.2, 0.25) is 0 Å². The van der Waals surface area contributed by atoms with Crippen LogP contribution in [0.15, 0.2) is 30.3 Å². The highest BCUT2D eigenvalue weighted by molar-refractivity contribution is 5.68. The van der Waals surface area contributed by atoms with Crippen molar-refractivity contribution in [3.63, 3.8) is 0 Å². The monoisotopic (exact) mass is 313 g/mol. The normalized spacial score (nSPS) is 21.3. The van der Waals surface area contributed by atoms with Crippen molar-refractivity contribution in [1.29, 1.82) is 0 Å². The van der Waals surface area contributed by atoms with E-state index in [1.807, 2.05) is 0 Å². The van der Waals surface area contributed by atoms with Gasteiger partial charge in [-0.1, -0.05) is 18.2 Å². The molecule has 0 saturated carbocycles. The van der Waals surface area contributed by atoms with Gasteiger partial charge in [-0.15, -0.1) is 0 Å². The van der Waals surface area contributed by atoms with Crippen molar-refractivity contribution < 1.29 is 23.0 Å². The average Bonchev–Trinajstić information content (AvgIpc) is 2.40. The van der Waals surface area contributed by atoms with Crippen LogP contribution in [-0.4, -0.2) is 41.7 Å². The molecule has 1 aliphatic heterocycles. The molecule has 4 nitrogen and oxygen atoms in total. The number of likely N-dealkylation sites (tertiary alicyclic amines) is 1. The van der Waals surface area contributed by atoms with Crippen LogP contribution in [0.3, 0.4) is 0 Å². The number of ether oxygens (including phenoxy) is 2. The van der Waals surface area contributed by atoms with Crippen molar-refractivity contribution >= 4 is 6.09 Å². The third kappa shape index (κ3) is 4.32. The number of alkyl halides is 2. The minimum atomic E-state index is -3.12. The number of hydrogen-bond acceptors (Lipinski definition) is 3. The number of carbonyl (C=O) groups excluding carboxylic acids is 1. The topological polar surface area (TPSA) is 38.8 Å². The minimum absolute atomic E-state index is 0.0567. The van der Waals surface area contributed by atoms with Crippen molar-refractivity contribution in [1.82, 2.24) is 4.90 Å². The first-order chi connectivity index (χ1) is 10.2. The molecule has 1 aromatic rings. The molecule has 0 bridgehead atoms. The number of halogens is 2. The Bertz CT molecular complexity index is 514. The van der Waals surface area contributed by atoms with Crippen molar-refractivity contribution in [3.8, 4) is 5.75 Å². The van der Waals surface area contributed by atoms with E-state index in [1.54, 1.807) is 51.1 Å². The lowest BCUT2D eigenvalue weighted by Crippen LogP contribution is -2.56. The van der Waals surface area contributed by atoms with Crippen LogP contribution in [-0.2, 0) is 4.74 Å². The summed E-state index contributed by atoms with van der Waals surface area (Å²) < 4.78 is 39.0. The summed E-state index contributed by atoms with van der Waals surface area (Å²) in [5, 5.41) is 0. The largest absolute Gasteiger partial charge is 0.484 e. The van der Waals surface area contributed by atoms with E-state index in [9.17, 15) is 13.6 Å². The second kappa shape index (κ2) is 6.10. The van der Waals surface area contributed by atoms with Crippen LogP contribution >= 0.6 is 0 Å². The Hall–Kier alpha value is -1.85. The summed E-state index contributed by atoms with van der Waals surface area (Å²) in [6.45, 7) is 4.60. The average molecular weight is 313 g/mol. The van der Waals surface area contributed by atoms with Crippen LogP contribution in [0.2, 0.25) is 0 Å². The molecule has 1 atom stereocenters. The summed E-state index contributed by atoms with van der Waals surface area (Å²) in [5.74, 6) is -2.72. The van der Waals surface area contributed by atoms with Gasteiger partial charge < -0.3 is 14.4 Å². The van der Waals surface area contributed by atoms with Gasteiger partial charge >= 0.3 is 12.0 Å². The molecular weight excluding hydrogens is 292 g/mol. The molecule has 2 rings (SSSR count). The molecule has 1 aromatic carbocycles. The number of hydrogen-bond donors (Lipinski definition) is 0. The highest BCUT2D eigenvalue weighted by atomic mass is 19.3. The van der Waals surface area contributed by atoms with E-state index in [1.165, 1.54) is 0 Å². The Balaban J connectivity index is 1.99. The Morgan fingerprint density at radius 2 is 1.91 bits per heavy atom. The van der Waals surface area contributed by atoms with Gasteiger partial charge in [0.25, 0.3) is 0 Å². The highest BCUT2D eigenvalue weighted by Gasteiger charge is 2.48. The van der Waals surface area contributed by atoms with Crippen molar-refractivity contribution in [2.75, 3.05) is 13.1 Å². The summed E-state index contributed by atoms with van der Waals surface area (Å²) in [6, 6.07) is 8.51. The van der Waals surface area contributed by atoms with E-state index < -0.39 is 30.3 Å². The summed E-state index contributed by atoms with van der Waals surface area (Å²) in [7, 11) is 0. The Morgan fingerprint density at radius 3 is 2.45 bits per heavy atom. The summed E-state index contributed by atoms with van der Waals surface area (Å²) in [4.78, 5) is 12.9. The number of nitrogens with zero attached hydrogens (tertiary/aromatic N) is 1. The molecule has 122 valence electrons. The molecule has 0 radical (unpaired) electrons. The number of amides is 1. The number of carbonyl (C=O) groups is 1. The second-order valence-electron chi connectivity index (χ2n) is 6.37. The number of rotatable bonds is 2. The predicted molar refractivity (Wildman–Crippen MR) is 78.2 cm³/mol. The molecule has 0 spiro atoms. The fraction of sp³-hybridized carbons (Fsp3) is 0.562. The zero-order valence-electron chi connectivity index (χ0n) is 13.0. The minimum Gasteiger partial charge on any atom is -0.484 e. The van der Waals surface area contributed by atoms with Crippen LogP contribution in [0, 0.1) is 0 Å². The van der Waals surface area contributed by atoms with E-state index in [2.05, 4.69) is 0 Å². The first-order valence-corrected chi connectivity index (χ1v) is 7.25. The molecule has 1 fully saturated rings. The molecule has 1 unspecified atom stereocenters. The quantitative estimate of drug-likeness (QED) is 0.835. The molecule has 6 heteroatoms. The fourth-order valence-electron chi connectivity index (χ4n) is 2.21. The lowest BCUT2D eigenvalue weighted by Gasteiger charge is -2.38. The molecule has 22 heavy (non-hydrogen) atoms. The van der Waals surface area contributed by atoms with Gasteiger partial charge in [-0.3, -0.25) is 0 Å². The van der Waals surface area contributed by atoms with Gasteiger partial charge in [-0.2, -0.15) is 0 Å². The lowest BCUT2D eigenvalue weighted by molar-refractivity contribution is -0.137. The molecule has 1 aliphatic rings. The predicted octanol–water partition coefficient (Wildman–Crippen LogP) is 3.71. The maximum absolute atomic E-state index is 14.2. The van der Waals surface area contributed by atoms with E-state index in [0.717, 1.165) is 4.90 Å². The molecule has 1 saturated heterocycles. The van der Waals surface area contributed by atoms with Gasteiger partial charge in [0.15, 0.2) is 6.10 Å². The lowest BCUT2D eigenvalue weighted by atomic mass is 10.0. The van der Waals surface area contributed by atoms with E-state index in [-0.39, 0.29) is 13.0 Å². The number of benzene rings is 1. The van der Waals surface area contributed by atoms with Gasteiger partial charge in [-0.25, -0.2) is 13.6 Å². The van der Waals surface area contributed by atoms with Crippen LogP contribution in [0.25, 0.3) is 0 Å². The van der Waals surface area contributed by atoms with E-state index >= 15 is 0 Å². The smallest absolute Gasteiger partial charge is 0.410 e. The highest BCUT2D eigenvalue weighted by Crippen LogP contribution is 2.31. The van der Waals surface area contributed by atoms with E-state index in [0.29, 0.717) is 5.75 Å². The zero-order chi connectivity index (χ0) is 16.4. The Morgan fingerprint density at radius 1 is 1.27 bits per heavy atom. The summed E-state index contributed by atoms with van der Waals surface area (Å²) in [6.07, 6.45) is -1.90. The maximum Gasteiger partial charge on any atom is 0.410 e. The Kier molecular flexibility index (Phi) is 4.58. The molecule has 0 aromatic heterocycles. The SMILES string of the molecule is CC(C)(C)OC(=O)N1CCC(Oc2ccccc2)C(F)(F)C1. The Labute approximate surface area is 129 Å². The van der Waals surface area contributed by atoms with Gasteiger partial charge in [0.1, 0.15) is 11.4 Å². The molecule has 0 aliphatic carbocycles. The summed E-state index contributed by atoms with van der Waals surface area (Å²) in [5.41, 5.74) is -0.705. The van der Waals surface area contributed by atoms with Crippen LogP contribution in [0.4, 0.5) is 13.6 Å². The first kappa shape index (κ1) is 16.5.